The highest BCUT2D eigenvalue weighted by Crippen LogP contribution is 2.33. The zero-order valence-electron chi connectivity index (χ0n) is 10.1. The Kier molecular flexibility index (Phi) is 3.21. The molecule has 102 valence electrons. The van der Waals surface area contributed by atoms with Crippen LogP contribution in [0.3, 0.4) is 0 Å². The highest BCUT2D eigenvalue weighted by molar-refractivity contribution is 7.71. The molecule has 0 aromatic carbocycles. The van der Waals surface area contributed by atoms with Gasteiger partial charge in [0.25, 0.3) is 5.56 Å². The lowest BCUT2D eigenvalue weighted by Gasteiger charge is -2.13. The number of fused-ring (bicyclic) bond motifs is 1. The second-order valence-electron chi connectivity index (χ2n) is 4.01. The number of H-pyrrole nitrogens is 1. The van der Waals surface area contributed by atoms with Gasteiger partial charge in [-0.05, 0) is 32.1 Å². The molecule has 0 atom stereocenters. The van der Waals surface area contributed by atoms with E-state index >= 15 is 0 Å². The number of halogens is 3. The molecule has 0 aliphatic rings. The third kappa shape index (κ3) is 2.27. The van der Waals surface area contributed by atoms with Gasteiger partial charge < -0.3 is 4.57 Å². The highest BCUT2D eigenvalue weighted by Gasteiger charge is 2.35. The number of hydrogen-bond donors (Lipinski definition) is 1. The summed E-state index contributed by atoms with van der Waals surface area (Å²) in [6.07, 6.45) is -4.62. The molecule has 1 N–H and O–H groups in total. The normalized spacial score (nSPS) is 12.1. The number of nitrogens with zero attached hydrogens (tertiary/aromatic N) is 2. The smallest absolute Gasteiger partial charge is 0.303 e. The van der Waals surface area contributed by atoms with Crippen molar-refractivity contribution in [3.05, 3.63) is 32.4 Å². The molecule has 4 nitrogen and oxygen atoms in total. The van der Waals surface area contributed by atoms with E-state index in [1.165, 1.54) is 11.5 Å². The number of rotatable bonds is 1. The van der Waals surface area contributed by atoms with Crippen molar-refractivity contribution in [1.82, 2.24) is 14.5 Å². The molecule has 8 heteroatoms. The van der Waals surface area contributed by atoms with Crippen LogP contribution in [0.15, 0.2) is 10.9 Å². The fourth-order valence-corrected chi connectivity index (χ4v) is 2.22. The molecule has 0 saturated carbocycles. The lowest BCUT2D eigenvalue weighted by atomic mass is 10.1. The maximum absolute atomic E-state index is 13.0. The van der Waals surface area contributed by atoms with Crippen LogP contribution in [0.25, 0.3) is 11.0 Å². The fraction of sp³-hybridized carbons (Fsp3) is 0.364. The minimum Gasteiger partial charge on any atom is -0.303 e. The number of nitrogens with one attached hydrogen (secondary N) is 1. The summed E-state index contributed by atoms with van der Waals surface area (Å²) in [4.78, 5) is 18.0. The van der Waals surface area contributed by atoms with Gasteiger partial charge in [0.1, 0.15) is 5.65 Å². The van der Waals surface area contributed by atoms with Crippen LogP contribution in [0.1, 0.15) is 18.2 Å². The van der Waals surface area contributed by atoms with E-state index in [0.29, 0.717) is 6.54 Å². The Hall–Kier alpha value is -1.70. The Bertz CT molecular complexity index is 761. The molecule has 0 fully saturated rings. The van der Waals surface area contributed by atoms with Gasteiger partial charge in [0.15, 0.2) is 4.77 Å². The molecular formula is C11H10F3N3OS. The van der Waals surface area contributed by atoms with Gasteiger partial charge in [0.2, 0.25) is 0 Å². The summed E-state index contributed by atoms with van der Waals surface area (Å²) in [5.74, 6) is 0. The Labute approximate surface area is 110 Å². The molecule has 0 aliphatic carbocycles. The average Bonchev–Trinajstić information content (AvgIpc) is 2.26. The van der Waals surface area contributed by atoms with Crippen LogP contribution in [-0.2, 0) is 12.7 Å². The molecule has 19 heavy (non-hydrogen) atoms. The summed E-state index contributed by atoms with van der Waals surface area (Å²) < 4.78 is 40.4. The Morgan fingerprint density at radius 1 is 1.47 bits per heavy atom. The van der Waals surface area contributed by atoms with Crippen LogP contribution < -0.4 is 5.56 Å². The van der Waals surface area contributed by atoms with Crippen LogP contribution >= 0.6 is 12.2 Å². The number of aromatic nitrogens is 3. The van der Waals surface area contributed by atoms with Crippen LogP contribution in [0.4, 0.5) is 13.2 Å². The molecule has 0 aliphatic heterocycles. The molecule has 2 aromatic rings. The maximum Gasteiger partial charge on any atom is 0.417 e. The van der Waals surface area contributed by atoms with Crippen molar-refractivity contribution in [1.29, 1.82) is 0 Å². The topological polar surface area (TPSA) is 50.7 Å². The Balaban J connectivity index is 3.10. The molecule has 0 saturated heterocycles. The molecule has 2 aromatic heterocycles. The second-order valence-corrected chi connectivity index (χ2v) is 4.40. The van der Waals surface area contributed by atoms with E-state index < -0.39 is 22.7 Å². The summed E-state index contributed by atoms with van der Waals surface area (Å²) in [6.45, 7) is 3.48. The van der Waals surface area contributed by atoms with Crippen molar-refractivity contribution in [3.63, 3.8) is 0 Å². The number of aromatic amines is 1. The van der Waals surface area contributed by atoms with Gasteiger partial charge in [0, 0.05) is 12.2 Å². The standard InChI is InChI=1S/C11H10F3N3OS/c1-3-17-8-7(9(18)16-10(17)19)6(11(12,13)14)4-5(2)15-8/h4H,3H2,1-2H3,(H,16,18,19). The van der Waals surface area contributed by atoms with E-state index in [0.717, 1.165) is 6.07 Å². The molecule has 0 unspecified atom stereocenters. The van der Waals surface area contributed by atoms with Crippen LogP contribution in [0, 0.1) is 11.7 Å². The second kappa shape index (κ2) is 4.44. The molecule has 0 radical (unpaired) electrons. The van der Waals surface area contributed by atoms with Crippen molar-refractivity contribution in [2.24, 2.45) is 0 Å². The van der Waals surface area contributed by atoms with Gasteiger partial charge in [-0.2, -0.15) is 13.2 Å². The first kappa shape index (κ1) is 13.7. The lowest BCUT2D eigenvalue weighted by Crippen LogP contribution is -2.20. The third-order valence-electron chi connectivity index (χ3n) is 2.70. The van der Waals surface area contributed by atoms with Crippen molar-refractivity contribution in [3.8, 4) is 0 Å². The molecule has 0 amide bonds. The van der Waals surface area contributed by atoms with Crippen LogP contribution in [0.5, 0.6) is 0 Å². The molecule has 2 heterocycles. The van der Waals surface area contributed by atoms with Crippen LogP contribution in [0.2, 0.25) is 0 Å². The van der Waals surface area contributed by atoms with Crippen LogP contribution in [-0.4, -0.2) is 14.5 Å². The Morgan fingerprint density at radius 2 is 2.11 bits per heavy atom. The van der Waals surface area contributed by atoms with Gasteiger partial charge in [-0.25, -0.2) is 4.98 Å². The van der Waals surface area contributed by atoms with Gasteiger partial charge in [-0.1, -0.05) is 0 Å². The third-order valence-corrected chi connectivity index (χ3v) is 3.02. The van der Waals surface area contributed by atoms with E-state index in [1.54, 1.807) is 6.92 Å². The molecular weight excluding hydrogens is 279 g/mol. The number of aryl methyl sites for hydroxylation is 2. The summed E-state index contributed by atoms with van der Waals surface area (Å²) in [5.41, 5.74) is -1.72. The van der Waals surface area contributed by atoms with E-state index in [1.807, 2.05) is 0 Å². The fourth-order valence-electron chi connectivity index (χ4n) is 1.92. The number of pyridine rings is 1. The monoisotopic (exact) mass is 289 g/mol. The van der Waals surface area contributed by atoms with Crippen molar-refractivity contribution < 1.29 is 13.2 Å². The van der Waals surface area contributed by atoms with Gasteiger partial charge in [0.05, 0.1) is 10.9 Å². The number of hydrogen-bond acceptors (Lipinski definition) is 3. The maximum atomic E-state index is 13.0. The minimum atomic E-state index is -4.62. The summed E-state index contributed by atoms with van der Waals surface area (Å²) in [5, 5.41) is -0.478. The van der Waals surface area contributed by atoms with E-state index in [9.17, 15) is 18.0 Å². The van der Waals surface area contributed by atoms with E-state index in [4.69, 9.17) is 12.2 Å². The SMILES string of the molecule is CCn1c(=S)[nH]c(=O)c2c(C(F)(F)F)cc(C)nc21. The zero-order chi connectivity index (χ0) is 14.4. The summed E-state index contributed by atoms with van der Waals surface area (Å²) >= 11 is 4.93. The zero-order valence-corrected chi connectivity index (χ0v) is 10.9. The van der Waals surface area contributed by atoms with Gasteiger partial charge in [-0.3, -0.25) is 9.78 Å². The average molecular weight is 289 g/mol. The van der Waals surface area contributed by atoms with Crippen molar-refractivity contribution in [2.75, 3.05) is 0 Å². The minimum absolute atomic E-state index is 0.0384. The largest absolute Gasteiger partial charge is 0.417 e. The van der Waals surface area contributed by atoms with Gasteiger partial charge in [-0.15, -0.1) is 0 Å². The van der Waals surface area contributed by atoms with Crippen molar-refractivity contribution >= 4 is 23.3 Å². The predicted molar refractivity (Wildman–Crippen MR) is 66.6 cm³/mol. The quantitative estimate of drug-likeness (QED) is 0.821. The summed E-state index contributed by atoms with van der Waals surface area (Å²) in [7, 11) is 0. The molecule has 0 bridgehead atoms. The first-order valence-corrected chi connectivity index (χ1v) is 5.88. The first-order chi connectivity index (χ1) is 8.75. The Morgan fingerprint density at radius 3 is 2.63 bits per heavy atom. The first-order valence-electron chi connectivity index (χ1n) is 5.47. The summed E-state index contributed by atoms with van der Waals surface area (Å²) in [6, 6.07) is 0.862. The number of alkyl halides is 3. The van der Waals surface area contributed by atoms with Gasteiger partial charge >= 0.3 is 6.18 Å². The van der Waals surface area contributed by atoms with Crippen molar-refractivity contribution in [2.45, 2.75) is 26.6 Å². The van der Waals surface area contributed by atoms with E-state index in [2.05, 4.69) is 9.97 Å². The predicted octanol–water partition coefficient (Wildman–Crippen LogP) is 2.80. The van der Waals surface area contributed by atoms with E-state index in [-0.39, 0.29) is 16.1 Å². The lowest BCUT2D eigenvalue weighted by molar-refractivity contribution is -0.136. The molecule has 0 spiro atoms. The highest BCUT2D eigenvalue weighted by atomic mass is 32.1. The molecule has 2 rings (SSSR count).